The SMILES string of the molecule is CCNCC(C)C(=O)NC1CCN2CCCC2C1. The smallest absolute Gasteiger partial charge is 0.224 e. The lowest BCUT2D eigenvalue weighted by Crippen LogP contribution is -2.49. The predicted octanol–water partition coefficient (Wildman–Crippen LogP) is 0.975. The number of carbonyl (C=O) groups excluding carboxylic acids is 1. The van der Waals surface area contributed by atoms with Crippen molar-refractivity contribution < 1.29 is 4.79 Å². The molecule has 2 N–H and O–H groups in total. The molecule has 0 spiro atoms. The van der Waals surface area contributed by atoms with E-state index in [1.807, 2.05) is 6.92 Å². The lowest BCUT2D eigenvalue weighted by atomic mass is 9.97. The van der Waals surface area contributed by atoms with Gasteiger partial charge in [-0.1, -0.05) is 13.8 Å². The van der Waals surface area contributed by atoms with E-state index in [1.54, 1.807) is 0 Å². The molecular formula is C14H27N3O. The first-order valence-corrected chi connectivity index (χ1v) is 7.45. The first-order valence-electron chi connectivity index (χ1n) is 7.45. The Morgan fingerprint density at radius 3 is 3.00 bits per heavy atom. The summed E-state index contributed by atoms with van der Waals surface area (Å²) < 4.78 is 0. The molecule has 2 fully saturated rings. The molecule has 0 radical (unpaired) electrons. The summed E-state index contributed by atoms with van der Waals surface area (Å²) in [6.45, 7) is 8.21. The zero-order chi connectivity index (χ0) is 13.0. The number of hydrogen-bond acceptors (Lipinski definition) is 3. The van der Waals surface area contributed by atoms with Crippen molar-refractivity contribution in [3.63, 3.8) is 0 Å². The van der Waals surface area contributed by atoms with Gasteiger partial charge in [-0.2, -0.15) is 0 Å². The van der Waals surface area contributed by atoms with Crippen LogP contribution in [0.2, 0.25) is 0 Å². The largest absolute Gasteiger partial charge is 0.353 e. The van der Waals surface area contributed by atoms with Crippen LogP contribution in [0.5, 0.6) is 0 Å². The lowest BCUT2D eigenvalue weighted by Gasteiger charge is -2.35. The summed E-state index contributed by atoms with van der Waals surface area (Å²) >= 11 is 0. The van der Waals surface area contributed by atoms with Crippen molar-refractivity contribution in [3.05, 3.63) is 0 Å². The molecule has 2 heterocycles. The van der Waals surface area contributed by atoms with Crippen molar-refractivity contribution in [2.75, 3.05) is 26.2 Å². The van der Waals surface area contributed by atoms with Crippen molar-refractivity contribution in [1.29, 1.82) is 0 Å². The van der Waals surface area contributed by atoms with Crippen LogP contribution in [-0.2, 0) is 4.79 Å². The number of hydrogen-bond donors (Lipinski definition) is 2. The van der Waals surface area contributed by atoms with E-state index in [-0.39, 0.29) is 11.8 Å². The number of carbonyl (C=O) groups is 1. The van der Waals surface area contributed by atoms with Gasteiger partial charge in [0.2, 0.25) is 5.91 Å². The van der Waals surface area contributed by atoms with Gasteiger partial charge in [-0.3, -0.25) is 4.79 Å². The number of fused-ring (bicyclic) bond motifs is 1. The molecule has 0 aromatic carbocycles. The molecule has 104 valence electrons. The van der Waals surface area contributed by atoms with Crippen LogP contribution in [0, 0.1) is 5.92 Å². The molecule has 1 amide bonds. The molecule has 3 unspecified atom stereocenters. The van der Waals surface area contributed by atoms with Crippen LogP contribution in [0.1, 0.15) is 39.5 Å². The second-order valence-electron chi connectivity index (χ2n) is 5.77. The highest BCUT2D eigenvalue weighted by atomic mass is 16.1. The quantitative estimate of drug-likeness (QED) is 0.767. The molecule has 4 nitrogen and oxygen atoms in total. The first-order chi connectivity index (χ1) is 8.70. The van der Waals surface area contributed by atoms with E-state index in [9.17, 15) is 4.79 Å². The highest BCUT2D eigenvalue weighted by Gasteiger charge is 2.32. The van der Waals surface area contributed by atoms with E-state index in [4.69, 9.17) is 0 Å². The van der Waals surface area contributed by atoms with Crippen LogP contribution in [0.25, 0.3) is 0 Å². The number of nitrogens with zero attached hydrogens (tertiary/aromatic N) is 1. The van der Waals surface area contributed by atoms with Crippen molar-refractivity contribution in [1.82, 2.24) is 15.5 Å². The maximum atomic E-state index is 12.0. The van der Waals surface area contributed by atoms with Crippen LogP contribution in [0.3, 0.4) is 0 Å². The van der Waals surface area contributed by atoms with E-state index in [2.05, 4.69) is 22.5 Å². The van der Waals surface area contributed by atoms with Gasteiger partial charge in [0, 0.05) is 31.1 Å². The van der Waals surface area contributed by atoms with Gasteiger partial charge < -0.3 is 15.5 Å². The van der Waals surface area contributed by atoms with E-state index in [0.29, 0.717) is 6.04 Å². The summed E-state index contributed by atoms with van der Waals surface area (Å²) in [7, 11) is 0. The van der Waals surface area contributed by atoms with Crippen LogP contribution >= 0.6 is 0 Å². The van der Waals surface area contributed by atoms with E-state index in [0.717, 1.165) is 38.5 Å². The molecule has 4 heteroatoms. The number of nitrogens with one attached hydrogen (secondary N) is 2. The standard InChI is InChI=1S/C14H27N3O/c1-3-15-10-11(2)14(18)16-12-6-8-17-7-4-5-13(17)9-12/h11-13,15H,3-10H2,1-2H3,(H,16,18). The van der Waals surface area contributed by atoms with Gasteiger partial charge in [0.1, 0.15) is 0 Å². The second kappa shape index (κ2) is 6.53. The van der Waals surface area contributed by atoms with Crippen molar-refractivity contribution >= 4 is 5.91 Å². The average molecular weight is 253 g/mol. The van der Waals surface area contributed by atoms with Crippen molar-refractivity contribution in [2.45, 2.75) is 51.6 Å². The Balaban J connectivity index is 1.74. The second-order valence-corrected chi connectivity index (χ2v) is 5.77. The Hall–Kier alpha value is -0.610. The lowest BCUT2D eigenvalue weighted by molar-refractivity contribution is -0.125. The van der Waals surface area contributed by atoms with Crippen LogP contribution in [-0.4, -0.2) is 49.1 Å². The Kier molecular flexibility index (Phi) is 5.01. The summed E-state index contributed by atoms with van der Waals surface area (Å²) in [6.07, 6.45) is 4.93. The third-order valence-corrected chi connectivity index (χ3v) is 4.31. The van der Waals surface area contributed by atoms with Crippen LogP contribution in [0.15, 0.2) is 0 Å². The highest BCUT2D eigenvalue weighted by Crippen LogP contribution is 2.26. The molecule has 0 saturated carbocycles. The maximum absolute atomic E-state index is 12.0. The van der Waals surface area contributed by atoms with E-state index >= 15 is 0 Å². The Morgan fingerprint density at radius 2 is 2.22 bits per heavy atom. The van der Waals surface area contributed by atoms with Gasteiger partial charge in [0.15, 0.2) is 0 Å². The monoisotopic (exact) mass is 253 g/mol. The third-order valence-electron chi connectivity index (χ3n) is 4.31. The summed E-state index contributed by atoms with van der Waals surface area (Å²) in [4.78, 5) is 14.6. The molecule has 2 aliphatic rings. The highest BCUT2D eigenvalue weighted by molar-refractivity contribution is 5.78. The van der Waals surface area contributed by atoms with Gasteiger partial charge in [-0.05, 0) is 38.8 Å². The van der Waals surface area contributed by atoms with Gasteiger partial charge in [0.25, 0.3) is 0 Å². The average Bonchev–Trinajstić information content (AvgIpc) is 2.83. The topological polar surface area (TPSA) is 44.4 Å². The molecule has 2 saturated heterocycles. The molecule has 2 rings (SSSR count). The minimum absolute atomic E-state index is 0.0755. The fraction of sp³-hybridized carbons (Fsp3) is 0.929. The molecule has 18 heavy (non-hydrogen) atoms. The zero-order valence-corrected chi connectivity index (χ0v) is 11.7. The van der Waals surface area contributed by atoms with E-state index < -0.39 is 0 Å². The molecule has 0 aliphatic carbocycles. The molecule has 3 atom stereocenters. The van der Waals surface area contributed by atoms with Gasteiger partial charge in [-0.25, -0.2) is 0 Å². The molecule has 0 aromatic heterocycles. The minimum atomic E-state index is 0.0755. The van der Waals surface area contributed by atoms with Crippen LogP contribution in [0.4, 0.5) is 0 Å². The fourth-order valence-electron chi connectivity index (χ4n) is 3.15. The molecule has 0 aromatic rings. The normalized spacial score (nSPS) is 29.9. The van der Waals surface area contributed by atoms with Gasteiger partial charge >= 0.3 is 0 Å². The fourth-order valence-corrected chi connectivity index (χ4v) is 3.15. The Morgan fingerprint density at radius 1 is 1.39 bits per heavy atom. The van der Waals surface area contributed by atoms with Gasteiger partial charge in [-0.15, -0.1) is 0 Å². The molecule has 2 aliphatic heterocycles. The third kappa shape index (κ3) is 3.45. The predicted molar refractivity (Wildman–Crippen MR) is 73.5 cm³/mol. The minimum Gasteiger partial charge on any atom is -0.353 e. The van der Waals surface area contributed by atoms with Crippen molar-refractivity contribution in [3.8, 4) is 0 Å². The first kappa shape index (κ1) is 13.8. The number of amides is 1. The zero-order valence-electron chi connectivity index (χ0n) is 11.7. The molecule has 0 bridgehead atoms. The summed E-state index contributed by atoms with van der Waals surface area (Å²) in [6, 6.07) is 1.13. The number of rotatable bonds is 5. The summed E-state index contributed by atoms with van der Waals surface area (Å²) in [5, 5.41) is 6.47. The van der Waals surface area contributed by atoms with Crippen LogP contribution < -0.4 is 10.6 Å². The summed E-state index contributed by atoms with van der Waals surface area (Å²) in [5.41, 5.74) is 0. The summed E-state index contributed by atoms with van der Waals surface area (Å²) in [5.74, 6) is 0.291. The van der Waals surface area contributed by atoms with Gasteiger partial charge in [0.05, 0.1) is 0 Å². The Labute approximate surface area is 110 Å². The maximum Gasteiger partial charge on any atom is 0.224 e. The molecular weight excluding hydrogens is 226 g/mol. The van der Waals surface area contributed by atoms with Crippen molar-refractivity contribution in [2.24, 2.45) is 5.92 Å². The van der Waals surface area contributed by atoms with E-state index in [1.165, 1.54) is 19.4 Å². The Bertz CT molecular complexity index is 282. The number of piperidine rings is 1.